The highest BCUT2D eigenvalue weighted by atomic mass is 127. The Labute approximate surface area is 124 Å². The molecule has 1 aromatic heterocycles. The van der Waals surface area contributed by atoms with Crippen molar-refractivity contribution in [1.29, 1.82) is 0 Å². The zero-order valence-electron chi connectivity index (χ0n) is 9.86. The molecule has 1 aliphatic carbocycles. The lowest BCUT2D eigenvalue weighted by atomic mass is 9.82. The van der Waals surface area contributed by atoms with Crippen molar-refractivity contribution in [3.05, 3.63) is 55.3 Å². The number of Topliss-reactive ketones (excluding diaryl/α,β-unsaturated/α-hetero) is 1. The van der Waals surface area contributed by atoms with Gasteiger partial charge in [0, 0.05) is 19.9 Å². The first-order valence-electron chi connectivity index (χ1n) is 6.12. The smallest absolute Gasteiger partial charge is 0.170 e. The predicted molar refractivity (Wildman–Crippen MR) is 83.5 cm³/mol. The van der Waals surface area contributed by atoms with Gasteiger partial charge in [0.25, 0.3) is 0 Å². The molecule has 0 saturated heterocycles. The van der Waals surface area contributed by atoms with E-state index in [0.29, 0.717) is 0 Å². The number of carbonyl (C=O) groups excluding carboxylic acids is 1. The lowest BCUT2D eigenvalue weighted by Crippen LogP contribution is -2.17. The van der Waals surface area contributed by atoms with Crippen molar-refractivity contribution in [2.45, 2.75) is 25.2 Å². The van der Waals surface area contributed by atoms with Crippen molar-refractivity contribution < 1.29 is 4.79 Å². The number of fused-ring (bicyclic) bond motifs is 1. The number of carbonyl (C=O) groups is 1. The van der Waals surface area contributed by atoms with Gasteiger partial charge in [-0.25, -0.2) is 0 Å². The van der Waals surface area contributed by atoms with Gasteiger partial charge in [0.15, 0.2) is 5.78 Å². The fourth-order valence-corrected chi connectivity index (χ4v) is 4.13. The van der Waals surface area contributed by atoms with Crippen LogP contribution in [0.4, 0.5) is 0 Å². The summed E-state index contributed by atoms with van der Waals surface area (Å²) in [6.07, 6.45) is 3.27. The monoisotopic (exact) mass is 368 g/mol. The van der Waals surface area contributed by atoms with E-state index in [1.54, 1.807) is 11.3 Å². The van der Waals surface area contributed by atoms with E-state index in [9.17, 15) is 4.79 Å². The van der Waals surface area contributed by atoms with Gasteiger partial charge in [0.1, 0.15) is 0 Å². The van der Waals surface area contributed by atoms with Gasteiger partial charge in [-0.15, -0.1) is 11.3 Å². The van der Waals surface area contributed by atoms with Gasteiger partial charge in [0.05, 0.1) is 0 Å². The van der Waals surface area contributed by atoms with E-state index in [4.69, 9.17) is 0 Å². The van der Waals surface area contributed by atoms with E-state index in [2.05, 4.69) is 34.0 Å². The highest BCUT2D eigenvalue weighted by Crippen LogP contribution is 2.36. The van der Waals surface area contributed by atoms with Gasteiger partial charge in [-0.3, -0.25) is 4.79 Å². The standard InChI is InChI=1S/C15H13IOS/c16-11-4-1-3-10(9-11)15(17)13-5-2-6-14-12(13)7-8-18-14/h1,3-4,7-9,13H,2,5-6H2. The van der Waals surface area contributed by atoms with Crippen LogP contribution in [0.1, 0.15) is 39.6 Å². The molecule has 92 valence electrons. The van der Waals surface area contributed by atoms with Crippen LogP contribution in [0.3, 0.4) is 0 Å². The van der Waals surface area contributed by atoms with Crippen molar-refractivity contribution in [3.8, 4) is 0 Å². The van der Waals surface area contributed by atoms with Crippen molar-refractivity contribution in [1.82, 2.24) is 0 Å². The van der Waals surface area contributed by atoms with Crippen LogP contribution >= 0.6 is 33.9 Å². The third-order valence-electron chi connectivity index (χ3n) is 3.48. The Bertz CT molecular complexity index is 588. The molecule has 18 heavy (non-hydrogen) atoms. The zero-order chi connectivity index (χ0) is 12.5. The molecule has 0 N–H and O–H groups in total. The Kier molecular flexibility index (Phi) is 3.52. The van der Waals surface area contributed by atoms with Crippen LogP contribution in [0, 0.1) is 3.57 Å². The first-order chi connectivity index (χ1) is 8.75. The third-order valence-corrected chi connectivity index (χ3v) is 5.15. The summed E-state index contributed by atoms with van der Waals surface area (Å²) < 4.78 is 1.12. The number of hydrogen-bond donors (Lipinski definition) is 0. The topological polar surface area (TPSA) is 17.1 Å². The molecule has 0 spiro atoms. The molecule has 2 aromatic rings. The maximum atomic E-state index is 12.6. The second-order valence-corrected chi connectivity index (χ2v) is 6.86. The van der Waals surface area contributed by atoms with E-state index in [1.165, 1.54) is 10.4 Å². The molecule has 1 aliphatic rings. The summed E-state index contributed by atoms with van der Waals surface area (Å²) >= 11 is 4.05. The van der Waals surface area contributed by atoms with Crippen LogP contribution in [0.5, 0.6) is 0 Å². The van der Waals surface area contributed by atoms with Crippen molar-refractivity contribution in [2.24, 2.45) is 0 Å². The summed E-state index contributed by atoms with van der Waals surface area (Å²) in [5.41, 5.74) is 2.13. The number of thiophene rings is 1. The molecule has 0 aliphatic heterocycles. The average molecular weight is 368 g/mol. The average Bonchev–Trinajstić information content (AvgIpc) is 2.86. The van der Waals surface area contributed by atoms with Crippen LogP contribution < -0.4 is 0 Å². The van der Waals surface area contributed by atoms with Crippen molar-refractivity contribution in [3.63, 3.8) is 0 Å². The molecule has 1 atom stereocenters. The highest BCUT2D eigenvalue weighted by molar-refractivity contribution is 14.1. The van der Waals surface area contributed by atoms with E-state index >= 15 is 0 Å². The van der Waals surface area contributed by atoms with Gasteiger partial charge in [-0.05, 0) is 71.0 Å². The van der Waals surface area contributed by atoms with Gasteiger partial charge in [-0.2, -0.15) is 0 Å². The summed E-state index contributed by atoms with van der Waals surface area (Å²) in [4.78, 5) is 14.0. The number of ketones is 1. The second-order valence-electron chi connectivity index (χ2n) is 4.62. The SMILES string of the molecule is O=C(c1cccc(I)c1)C1CCCc2sccc21. The second kappa shape index (κ2) is 5.13. The number of benzene rings is 1. The summed E-state index contributed by atoms with van der Waals surface area (Å²) in [6.45, 7) is 0. The first-order valence-corrected chi connectivity index (χ1v) is 8.07. The Hall–Kier alpha value is -0.680. The Morgan fingerprint density at radius 3 is 3.06 bits per heavy atom. The van der Waals surface area contributed by atoms with Gasteiger partial charge in [-0.1, -0.05) is 12.1 Å². The minimum absolute atomic E-state index is 0.0817. The molecule has 1 heterocycles. The summed E-state index contributed by atoms with van der Waals surface area (Å²) in [5.74, 6) is 0.367. The van der Waals surface area contributed by atoms with Crippen LogP contribution in [0.2, 0.25) is 0 Å². The molecular weight excluding hydrogens is 355 g/mol. The highest BCUT2D eigenvalue weighted by Gasteiger charge is 2.27. The van der Waals surface area contributed by atoms with E-state index in [1.807, 2.05) is 24.3 Å². The summed E-state index contributed by atoms with van der Waals surface area (Å²) in [5, 5.41) is 2.12. The molecule has 1 aromatic carbocycles. The molecule has 1 nitrogen and oxygen atoms in total. The van der Waals surface area contributed by atoms with Crippen LogP contribution in [0.15, 0.2) is 35.7 Å². The molecule has 3 rings (SSSR count). The van der Waals surface area contributed by atoms with Gasteiger partial charge >= 0.3 is 0 Å². The Balaban J connectivity index is 1.95. The van der Waals surface area contributed by atoms with Crippen molar-refractivity contribution in [2.75, 3.05) is 0 Å². The van der Waals surface area contributed by atoms with Crippen molar-refractivity contribution >= 4 is 39.7 Å². The minimum Gasteiger partial charge on any atom is -0.293 e. The largest absolute Gasteiger partial charge is 0.293 e. The fourth-order valence-electron chi connectivity index (χ4n) is 2.60. The minimum atomic E-state index is 0.0817. The maximum Gasteiger partial charge on any atom is 0.170 e. The Morgan fingerprint density at radius 2 is 2.22 bits per heavy atom. The summed E-state index contributed by atoms with van der Waals surface area (Å²) in [7, 11) is 0. The van der Waals surface area contributed by atoms with Crippen LogP contribution in [0.25, 0.3) is 0 Å². The third kappa shape index (κ3) is 2.26. The molecular formula is C15H13IOS. The van der Waals surface area contributed by atoms with E-state index in [0.717, 1.165) is 28.4 Å². The Morgan fingerprint density at radius 1 is 1.33 bits per heavy atom. The molecule has 3 heteroatoms. The van der Waals surface area contributed by atoms with Gasteiger partial charge < -0.3 is 0 Å². The van der Waals surface area contributed by atoms with E-state index in [-0.39, 0.29) is 11.7 Å². The first kappa shape index (κ1) is 12.4. The molecule has 0 amide bonds. The molecule has 0 bridgehead atoms. The number of aryl methyl sites for hydroxylation is 1. The summed E-state index contributed by atoms with van der Waals surface area (Å²) in [6, 6.07) is 10.0. The number of halogens is 1. The maximum absolute atomic E-state index is 12.6. The lowest BCUT2D eigenvalue weighted by molar-refractivity contribution is 0.0951. The molecule has 1 unspecified atom stereocenters. The molecule has 0 saturated carbocycles. The fraction of sp³-hybridized carbons (Fsp3) is 0.267. The molecule has 0 fully saturated rings. The lowest BCUT2D eigenvalue weighted by Gasteiger charge is -2.21. The molecule has 0 radical (unpaired) electrons. The van der Waals surface area contributed by atoms with Crippen LogP contribution in [-0.4, -0.2) is 5.78 Å². The number of hydrogen-bond acceptors (Lipinski definition) is 2. The van der Waals surface area contributed by atoms with E-state index < -0.39 is 0 Å². The van der Waals surface area contributed by atoms with Gasteiger partial charge in [0.2, 0.25) is 0 Å². The normalized spacial score (nSPS) is 18.4. The quantitative estimate of drug-likeness (QED) is 0.557. The number of rotatable bonds is 2. The van der Waals surface area contributed by atoms with Crippen LogP contribution in [-0.2, 0) is 6.42 Å². The predicted octanol–water partition coefficient (Wildman–Crippen LogP) is 4.66. The zero-order valence-corrected chi connectivity index (χ0v) is 12.8.